The molecule has 4 aromatic rings. The van der Waals surface area contributed by atoms with Crippen molar-refractivity contribution >= 4 is 28.5 Å². The van der Waals surface area contributed by atoms with Crippen molar-refractivity contribution in [2.45, 2.75) is 19.3 Å². The summed E-state index contributed by atoms with van der Waals surface area (Å²) in [7, 11) is 0. The zero-order chi connectivity index (χ0) is 23.3. The van der Waals surface area contributed by atoms with Gasteiger partial charge in [-0.25, -0.2) is 24.1 Å². The molecule has 9 heteroatoms. The van der Waals surface area contributed by atoms with Gasteiger partial charge in [0.1, 0.15) is 23.6 Å². The molecule has 0 unspecified atom stereocenters. The predicted molar refractivity (Wildman–Crippen MR) is 125 cm³/mol. The predicted octanol–water partition coefficient (Wildman–Crippen LogP) is 5.68. The number of pyridine rings is 1. The average molecular weight is 459 g/mol. The van der Waals surface area contributed by atoms with Gasteiger partial charge in [0, 0.05) is 24.5 Å². The number of amides is 1. The standard InChI is InChI=1S/C25H22FN5O3/c26-21-13-17(15-27-24(21)33-18-7-3-1-4-8-18)30-23-20-14-19(9-10-22(20)28-16-29-23)34-25(32)31-11-5-2-6-12-31/h1,3-4,7-10,13-16H,2,5-6,11-12H2,(H,28,29,30). The second-order valence-corrected chi connectivity index (χ2v) is 7.87. The van der Waals surface area contributed by atoms with E-state index in [1.165, 1.54) is 18.6 Å². The van der Waals surface area contributed by atoms with Gasteiger partial charge in [0.2, 0.25) is 0 Å². The molecule has 0 aliphatic carbocycles. The van der Waals surface area contributed by atoms with Crippen molar-refractivity contribution in [2.24, 2.45) is 0 Å². The van der Waals surface area contributed by atoms with Crippen LogP contribution in [0.4, 0.5) is 20.7 Å². The lowest BCUT2D eigenvalue weighted by atomic mass is 10.1. The summed E-state index contributed by atoms with van der Waals surface area (Å²) in [5.74, 6) is 0.554. The Morgan fingerprint density at radius 2 is 1.76 bits per heavy atom. The minimum Gasteiger partial charge on any atom is -0.436 e. The van der Waals surface area contributed by atoms with Crippen LogP contribution in [0.15, 0.2) is 67.1 Å². The van der Waals surface area contributed by atoms with Crippen LogP contribution in [-0.4, -0.2) is 39.0 Å². The van der Waals surface area contributed by atoms with E-state index in [9.17, 15) is 9.18 Å². The van der Waals surface area contributed by atoms with Crippen LogP contribution >= 0.6 is 0 Å². The Labute approximate surface area is 195 Å². The Balaban J connectivity index is 1.35. The molecule has 8 nitrogen and oxygen atoms in total. The molecule has 5 rings (SSSR count). The van der Waals surface area contributed by atoms with Crippen molar-refractivity contribution in [3.05, 3.63) is 72.9 Å². The van der Waals surface area contributed by atoms with Crippen molar-refractivity contribution in [1.29, 1.82) is 0 Å². The first kappa shape index (κ1) is 21.6. The first-order chi connectivity index (χ1) is 16.7. The number of aromatic nitrogens is 3. The summed E-state index contributed by atoms with van der Waals surface area (Å²) in [6.45, 7) is 1.40. The topological polar surface area (TPSA) is 89.5 Å². The van der Waals surface area contributed by atoms with E-state index in [2.05, 4.69) is 20.3 Å². The van der Waals surface area contributed by atoms with Crippen LogP contribution in [0, 0.1) is 5.82 Å². The van der Waals surface area contributed by atoms with Crippen molar-refractivity contribution in [2.75, 3.05) is 18.4 Å². The Bertz CT molecular complexity index is 1310. The molecule has 0 atom stereocenters. The zero-order valence-electron chi connectivity index (χ0n) is 18.3. The van der Waals surface area contributed by atoms with E-state index in [1.54, 1.807) is 47.4 Å². The SMILES string of the molecule is O=C(Oc1ccc2ncnc(Nc3cnc(Oc4ccccc4)c(F)c3)c2c1)N1CCCCC1. The highest BCUT2D eigenvalue weighted by Gasteiger charge is 2.19. The lowest BCUT2D eigenvalue weighted by Crippen LogP contribution is -2.37. The fourth-order valence-corrected chi connectivity index (χ4v) is 3.75. The smallest absolute Gasteiger partial charge is 0.415 e. The molecule has 2 aromatic carbocycles. The van der Waals surface area contributed by atoms with Crippen molar-refractivity contribution in [3.63, 3.8) is 0 Å². The fourth-order valence-electron chi connectivity index (χ4n) is 3.75. The maximum absolute atomic E-state index is 14.6. The third-order valence-corrected chi connectivity index (χ3v) is 5.45. The first-order valence-electron chi connectivity index (χ1n) is 11.0. The van der Waals surface area contributed by atoms with Gasteiger partial charge < -0.3 is 19.7 Å². The van der Waals surface area contributed by atoms with Gasteiger partial charge >= 0.3 is 6.09 Å². The molecule has 3 heterocycles. The van der Waals surface area contributed by atoms with Gasteiger partial charge in [0.05, 0.1) is 17.4 Å². The Kier molecular flexibility index (Phi) is 6.15. The summed E-state index contributed by atoms with van der Waals surface area (Å²) in [6.07, 6.45) is 5.57. The summed E-state index contributed by atoms with van der Waals surface area (Å²) in [5.41, 5.74) is 1.03. The Hall–Kier alpha value is -4.27. The number of para-hydroxylation sites is 1. The molecule has 172 valence electrons. The number of carbonyl (C=O) groups is 1. The van der Waals surface area contributed by atoms with Crippen LogP contribution in [0.5, 0.6) is 17.4 Å². The number of anilines is 2. The number of ether oxygens (including phenoxy) is 2. The van der Waals surface area contributed by atoms with E-state index in [0.717, 1.165) is 19.3 Å². The zero-order valence-corrected chi connectivity index (χ0v) is 18.3. The van der Waals surface area contributed by atoms with Crippen molar-refractivity contribution < 1.29 is 18.7 Å². The lowest BCUT2D eigenvalue weighted by Gasteiger charge is -2.25. The molecule has 0 spiro atoms. The van der Waals surface area contributed by atoms with Crippen LogP contribution in [0.25, 0.3) is 10.9 Å². The lowest BCUT2D eigenvalue weighted by molar-refractivity contribution is 0.142. The molecule has 0 bridgehead atoms. The second kappa shape index (κ2) is 9.70. The molecule has 0 saturated carbocycles. The normalized spacial score (nSPS) is 13.5. The summed E-state index contributed by atoms with van der Waals surface area (Å²) in [4.78, 5) is 26.8. The van der Waals surface area contributed by atoms with E-state index in [0.29, 0.717) is 47.0 Å². The van der Waals surface area contributed by atoms with Gasteiger partial charge in [-0.3, -0.25) is 0 Å². The molecular weight excluding hydrogens is 437 g/mol. The third kappa shape index (κ3) is 4.88. The number of nitrogens with zero attached hydrogens (tertiary/aromatic N) is 4. The van der Waals surface area contributed by atoms with Gasteiger partial charge in [-0.1, -0.05) is 18.2 Å². The number of hydrogen-bond donors (Lipinski definition) is 1. The Morgan fingerprint density at radius 3 is 2.56 bits per heavy atom. The van der Waals surface area contributed by atoms with Crippen LogP contribution < -0.4 is 14.8 Å². The minimum atomic E-state index is -0.622. The van der Waals surface area contributed by atoms with Crippen LogP contribution in [0.3, 0.4) is 0 Å². The largest absolute Gasteiger partial charge is 0.436 e. The van der Waals surface area contributed by atoms with Gasteiger partial charge in [0.15, 0.2) is 5.82 Å². The number of nitrogens with one attached hydrogen (secondary N) is 1. The third-order valence-electron chi connectivity index (χ3n) is 5.45. The van der Waals surface area contributed by atoms with E-state index >= 15 is 0 Å². The summed E-state index contributed by atoms with van der Waals surface area (Å²) >= 11 is 0. The van der Waals surface area contributed by atoms with Gasteiger partial charge in [0.25, 0.3) is 5.88 Å². The summed E-state index contributed by atoms with van der Waals surface area (Å²) < 4.78 is 25.7. The molecular formula is C25H22FN5O3. The molecule has 1 aliphatic rings. The maximum Gasteiger partial charge on any atom is 0.415 e. The van der Waals surface area contributed by atoms with Crippen molar-refractivity contribution in [1.82, 2.24) is 19.9 Å². The number of likely N-dealkylation sites (tertiary alicyclic amines) is 1. The highest BCUT2D eigenvalue weighted by molar-refractivity contribution is 5.92. The molecule has 34 heavy (non-hydrogen) atoms. The van der Waals surface area contributed by atoms with Crippen molar-refractivity contribution in [3.8, 4) is 17.4 Å². The van der Waals surface area contributed by atoms with E-state index in [1.807, 2.05) is 6.07 Å². The minimum absolute atomic E-state index is 0.129. The molecule has 1 N–H and O–H groups in total. The molecule has 2 aromatic heterocycles. The van der Waals surface area contributed by atoms with Gasteiger partial charge in [-0.15, -0.1) is 0 Å². The monoisotopic (exact) mass is 459 g/mol. The second-order valence-electron chi connectivity index (χ2n) is 7.87. The number of hydrogen-bond acceptors (Lipinski definition) is 7. The fraction of sp³-hybridized carbons (Fsp3) is 0.200. The number of piperidine rings is 1. The highest BCUT2D eigenvalue weighted by atomic mass is 19.1. The number of rotatable bonds is 5. The first-order valence-corrected chi connectivity index (χ1v) is 11.0. The summed E-state index contributed by atoms with van der Waals surface area (Å²) in [6, 6.07) is 15.3. The number of benzene rings is 2. The molecule has 1 aliphatic heterocycles. The Morgan fingerprint density at radius 1 is 0.941 bits per heavy atom. The molecule has 1 amide bonds. The van der Waals surface area contributed by atoms with Gasteiger partial charge in [-0.05, 0) is 49.6 Å². The van der Waals surface area contributed by atoms with E-state index in [4.69, 9.17) is 9.47 Å². The van der Waals surface area contributed by atoms with Crippen LogP contribution in [0.2, 0.25) is 0 Å². The molecule has 1 saturated heterocycles. The van der Waals surface area contributed by atoms with Crippen LogP contribution in [0.1, 0.15) is 19.3 Å². The quantitative estimate of drug-likeness (QED) is 0.410. The maximum atomic E-state index is 14.6. The van der Waals surface area contributed by atoms with E-state index in [-0.39, 0.29) is 12.0 Å². The highest BCUT2D eigenvalue weighted by Crippen LogP contribution is 2.29. The average Bonchev–Trinajstić information content (AvgIpc) is 2.87. The van der Waals surface area contributed by atoms with E-state index < -0.39 is 5.82 Å². The molecule has 0 radical (unpaired) electrons. The summed E-state index contributed by atoms with van der Waals surface area (Å²) in [5, 5.41) is 3.68. The number of halogens is 1. The number of fused-ring (bicyclic) bond motifs is 1. The number of carbonyl (C=O) groups excluding carboxylic acids is 1. The molecule has 1 fully saturated rings. The van der Waals surface area contributed by atoms with Crippen LogP contribution in [-0.2, 0) is 0 Å². The van der Waals surface area contributed by atoms with Gasteiger partial charge in [-0.2, -0.15) is 0 Å².